The molecular weight excluding hydrogens is 639 g/mol. The maximum Gasteiger partial charge on any atom is 0.406 e. The molecule has 2 saturated heterocycles. The first-order chi connectivity index (χ1) is 20.8. The summed E-state index contributed by atoms with van der Waals surface area (Å²) in [7, 11) is 1.58. The summed E-state index contributed by atoms with van der Waals surface area (Å²) in [5.74, 6) is -0.197. The maximum absolute atomic E-state index is 14.3. The maximum atomic E-state index is 14.3. The molecule has 2 fully saturated rings. The molecule has 2 aliphatic rings. The molecule has 7 nitrogen and oxygen atoms in total. The molecule has 0 saturated carbocycles. The van der Waals surface area contributed by atoms with E-state index in [1.54, 1.807) is 19.2 Å². The van der Waals surface area contributed by atoms with Crippen LogP contribution >= 0.6 is 15.9 Å². The molecular formula is C33H41BrF3N3O4. The fourth-order valence-corrected chi connectivity index (χ4v) is 7.03. The second-order valence-corrected chi connectivity index (χ2v) is 13.8. The zero-order chi connectivity index (χ0) is 31.8. The lowest BCUT2D eigenvalue weighted by atomic mass is 9.82. The van der Waals surface area contributed by atoms with Crippen LogP contribution in [-0.4, -0.2) is 72.7 Å². The van der Waals surface area contributed by atoms with Crippen molar-refractivity contribution >= 4 is 32.8 Å². The summed E-state index contributed by atoms with van der Waals surface area (Å²) in [5, 5.41) is 0.712. The summed E-state index contributed by atoms with van der Waals surface area (Å²) < 4.78 is 61.9. The molecule has 0 unspecified atom stereocenters. The van der Waals surface area contributed by atoms with Gasteiger partial charge >= 0.3 is 12.1 Å². The van der Waals surface area contributed by atoms with E-state index in [0.717, 1.165) is 48.1 Å². The number of nitrogens with zero attached hydrogens (tertiary/aromatic N) is 3. The average molecular weight is 681 g/mol. The minimum atomic E-state index is -4.47. The van der Waals surface area contributed by atoms with Gasteiger partial charge in [0.2, 0.25) is 0 Å². The molecule has 3 aromatic rings. The van der Waals surface area contributed by atoms with E-state index in [-0.39, 0.29) is 12.5 Å². The van der Waals surface area contributed by atoms with Gasteiger partial charge in [-0.05, 0) is 74.0 Å². The number of hydrogen-bond donors (Lipinski definition) is 0. The van der Waals surface area contributed by atoms with Crippen molar-refractivity contribution in [1.82, 2.24) is 14.5 Å². The Morgan fingerprint density at radius 3 is 2.70 bits per heavy atom. The summed E-state index contributed by atoms with van der Waals surface area (Å²) >= 11 is 3.54. The van der Waals surface area contributed by atoms with Gasteiger partial charge < -0.3 is 18.8 Å². The van der Waals surface area contributed by atoms with E-state index in [9.17, 15) is 18.0 Å². The molecule has 2 aromatic heterocycles. The molecule has 0 spiro atoms. The van der Waals surface area contributed by atoms with Crippen molar-refractivity contribution in [1.29, 1.82) is 0 Å². The number of fused-ring (bicyclic) bond motifs is 2. The van der Waals surface area contributed by atoms with Gasteiger partial charge in [-0.15, -0.1) is 0 Å². The first-order valence-electron chi connectivity index (χ1n) is 15.1. The number of pyridine rings is 1. The van der Waals surface area contributed by atoms with Gasteiger partial charge in [-0.1, -0.05) is 29.8 Å². The van der Waals surface area contributed by atoms with Gasteiger partial charge in [0.15, 0.2) is 0 Å². The second kappa shape index (κ2) is 13.1. The van der Waals surface area contributed by atoms with Crippen LogP contribution < -0.4 is 0 Å². The van der Waals surface area contributed by atoms with Gasteiger partial charge in [0, 0.05) is 59.2 Å². The van der Waals surface area contributed by atoms with Crippen molar-refractivity contribution in [3.63, 3.8) is 0 Å². The predicted octanol–water partition coefficient (Wildman–Crippen LogP) is 7.45. The number of carbonyl (C=O) groups excluding carboxylic acids is 1. The summed E-state index contributed by atoms with van der Waals surface area (Å²) in [6.45, 7) is 9.40. The van der Waals surface area contributed by atoms with Crippen LogP contribution in [0, 0.1) is 5.41 Å². The van der Waals surface area contributed by atoms with E-state index in [4.69, 9.17) is 19.2 Å². The number of carbonyl (C=O) groups is 1. The third kappa shape index (κ3) is 7.32. The predicted molar refractivity (Wildman–Crippen MR) is 167 cm³/mol. The lowest BCUT2D eigenvalue weighted by Gasteiger charge is -2.42. The van der Waals surface area contributed by atoms with Gasteiger partial charge in [-0.2, -0.15) is 13.2 Å². The van der Waals surface area contributed by atoms with Gasteiger partial charge in [-0.3, -0.25) is 14.7 Å². The topological polar surface area (TPSA) is 65.8 Å². The normalized spacial score (nSPS) is 20.5. The first kappa shape index (κ1) is 32.9. The first-order valence-corrected chi connectivity index (χ1v) is 15.9. The third-order valence-corrected chi connectivity index (χ3v) is 9.36. The largest absolute Gasteiger partial charge is 0.465 e. The number of hydrogen-bond acceptors (Lipinski definition) is 6. The number of morpholine rings is 1. The van der Waals surface area contributed by atoms with Crippen molar-refractivity contribution in [2.45, 2.75) is 77.7 Å². The number of ether oxygens (including phenoxy) is 3. The Morgan fingerprint density at radius 1 is 1.23 bits per heavy atom. The molecule has 2 aliphatic heterocycles. The van der Waals surface area contributed by atoms with Crippen molar-refractivity contribution < 1.29 is 32.2 Å². The van der Waals surface area contributed by atoms with E-state index < -0.39 is 30.2 Å². The fraction of sp³-hybridized carbons (Fsp3) is 0.576. The van der Waals surface area contributed by atoms with Crippen molar-refractivity contribution in [2.24, 2.45) is 5.41 Å². The molecule has 0 bridgehead atoms. The number of methoxy groups -OCH3 is 1. The van der Waals surface area contributed by atoms with Gasteiger partial charge in [0.25, 0.3) is 0 Å². The molecule has 1 aromatic carbocycles. The molecule has 0 aliphatic carbocycles. The molecule has 240 valence electrons. The van der Waals surface area contributed by atoms with Crippen LogP contribution in [0.3, 0.4) is 0 Å². The third-order valence-electron chi connectivity index (χ3n) is 8.86. The molecule has 44 heavy (non-hydrogen) atoms. The summed E-state index contributed by atoms with van der Waals surface area (Å²) in [6.07, 6.45) is -0.839. The highest BCUT2D eigenvalue weighted by Gasteiger charge is 2.36. The van der Waals surface area contributed by atoms with E-state index in [1.807, 2.05) is 39.1 Å². The Balaban J connectivity index is 1.72. The number of halogens is 4. The van der Waals surface area contributed by atoms with E-state index in [1.165, 1.54) is 11.5 Å². The number of piperidine rings is 1. The van der Waals surface area contributed by atoms with E-state index in [2.05, 4.69) is 20.8 Å². The minimum Gasteiger partial charge on any atom is -0.465 e. The molecule has 0 amide bonds. The van der Waals surface area contributed by atoms with Crippen LogP contribution in [0.4, 0.5) is 13.2 Å². The number of aromatic nitrogens is 2. The van der Waals surface area contributed by atoms with Crippen molar-refractivity contribution in [3.05, 3.63) is 51.8 Å². The summed E-state index contributed by atoms with van der Waals surface area (Å²) in [6, 6.07) is 7.72. The van der Waals surface area contributed by atoms with Crippen molar-refractivity contribution in [2.75, 3.05) is 40.0 Å². The van der Waals surface area contributed by atoms with Crippen LogP contribution in [0.1, 0.15) is 69.4 Å². The SMILES string of the molecule is CO[C@@H](C)c1ncc([C@@H]2CCN3CCOC[C@@H]3C2)cc1-c1c(CC(C)(C)COC(C)=O)c2cc(Br)ccc2n1CC(F)(F)F. The molecule has 4 heterocycles. The summed E-state index contributed by atoms with van der Waals surface area (Å²) in [5.41, 5.74) is 3.36. The molecule has 5 rings (SSSR count). The minimum absolute atomic E-state index is 0.128. The average Bonchev–Trinajstić information content (AvgIpc) is 3.24. The Hall–Kier alpha value is -2.47. The van der Waals surface area contributed by atoms with Crippen LogP contribution in [0.15, 0.2) is 34.9 Å². The Bertz CT molecular complexity index is 1510. The highest BCUT2D eigenvalue weighted by atomic mass is 79.9. The quantitative estimate of drug-likeness (QED) is 0.219. The summed E-state index contributed by atoms with van der Waals surface area (Å²) in [4.78, 5) is 19.0. The zero-order valence-electron chi connectivity index (χ0n) is 26.0. The Kier molecular flexibility index (Phi) is 9.80. The lowest BCUT2D eigenvalue weighted by Crippen LogP contribution is -2.49. The molecule has 11 heteroatoms. The van der Waals surface area contributed by atoms with Gasteiger partial charge in [0.1, 0.15) is 6.54 Å². The number of rotatable bonds is 9. The van der Waals surface area contributed by atoms with Gasteiger partial charge in [0.05, 0.1) is 37.3 Å². The van der Waals surface area contributed by atoms with E-state index in [0.29, 0.717) is 46.9 Å². The van der Waals surface area contributed by atoms with Crippen LogP contribution in [0.2, 0.25) is 0 Å². The van der Waals surface area contributed by atoms with Gasteiger partial charge in [-0.25, -0.2) is 0 Å². The van der Waals surface area contributed by atoms with Crippen LogP contribution in [0.25, 0.3) is 22.2 Å². The Morgan fingerprint density at radius 2 is 2.00 bits per heavy atom. The molecule has 0 radical (unpaired) electrons. The number of alkyl halides is 3. The smallest absolute Gasteiger partial charge is 0.406 e. The fourth-order valence-electron chi connectivity index (χ4n) is 6.66. The number of esters is 1. The lowest BCUT2D eigenvalue weighted by molar-refractivity contribution is -0.144. The number of benzene rings is 1. The second-order valence-electron chi connectivity index (χ2n) is 12.9. The monoisotopic (exact) mass is 679 g/mol. The van der Waals surface area contributed by atoms with Crippen molar-refractivity contribution in [3.8, 4) is 11.3 Å². The van der Waals surface area contributed by atoms with Crippen LogP contribution in [-0.2, 0) is 32.0 Å². The Labute approximate surface area is 265 Å². The highest BCUT2D eigenvalue weighted by molar-refractivity contribution is 9.10. The molecule has 3 atom stereocenters. The zero-order valence-corrected chi connectivity index (χ0v) is 27.6. The molecule has 0 N–H and O–H groups in total. The highest BCUT2D eigenvalue weighted by Crippen LogP contribution is 2.44. The van der Waals surface area contributed by atoms with Crippen LogP contribution in [0.5, 0.6) is 0 Å². The standard InChI is InChI=1S/C33H41BrF3N3O4/c1-20(42-5)30-27(13-23(16-38-30)22-8-9-39-10-11-43-17-25(39)12-22)31-28(15-32(3,4)19-44-21(2)41)26-14-24(34)6-7-29(26)40(31)18-33(35,36)37/h6-7,13-14,16,20,22,25H,8-12,15,17-19H2,1-5H3/t20-,22+,25-/m0/s1. The van der Waals surface area contributed by atoms with E-state index >= 15 is 0 Å².